The van der Waals surface area contributed by atoms with Crippen molar-refractivity contribution in [3.05, 3.63) is 69.2 Å². The van der Waals surface area contributed by atoms with Gasteiger partial charge in [-0.2, -0.15) is 0 Å². The lowest BCUT2D eigenvalue weighted by molar-refractivity contribution is 0.0942. The summed E-state index contributed by atoms with van der Waals surface area (Å²) in [7, 11) is 0. The minimum atomic E-state index is -0.647. The first-order valence-electron chi connectivity index (χ1n) is 6.53. The molecule has 1 atom stereocenters. The summed E-state index contributed by atoms with van der Waals surface area (Å²) in [5.41, 5.74) is 1.33. The van der Waals surface area contributed by atoms with Crippen molar-refractivity contribution in [3.8, 4) is 0 Å². The molecule has 0 bridgehead atoms. The zero-order valence-corrected chi connectivity index (χ0v) is 13.6. The van der Waals surface area contributed by atoms with E-state index in [9.17, 15) is 9.90 Å². The minimum Gasteiger partial charge on any atom is -0.388 e. The molecule has 21 heavy (non-hydrogen) atoms. The van der Waals surface area contributed by atoms with Crippen LogP contribution in [0.25, 0.3) is 0 Å². The highest BCUT2D eigenvalue weighted by atomic mass is 79.9. The summed E-state index contributed by atoms with van der Waals surface area (Å²) >= 11 is 9.21. The van der Waals surface area contributed by atoms with Gasteiger partial charge in [0.05, 0.1) is 6.10 Å². The maximum absolute atomic E-state index is 11.9. The molecular weight excluding hydrogens is 354 g/mol. The number of amides is 1. The quantitative estimate of drug-likeness (QED) is 0.839. The molecule has 0 aliphatic heterocycles. The van der Waals surface area contributed by atoms with E-state index in [1.165, 1.54) is 0 Å². The Kier molecular flexibility index (Phi) is 5.79. The lowest BCUT2D eigenvalue weighted by Crippen LogP contribution is -2.25. The van der Waals surface area contributed by atoms with Crippen molar-refractivity contribution in [2.75, 3.05) is 6.54 Å². The van der Waals surface area contributed by atoms with Gasteiger partial charge in [-0.05, 0) is 42.3 Å². The number of carbonyl (C=O) groups excluding carboxylic acids is 1. The number of benzene rings is 2. The first-order valence-corrected chi connectivity index (χ1v) is 7.70. The summed E-state index contributed by atoms with van der Waals surface area (Å²) in [6.45, 7) is 0.388. The second-order valence-corrected chi connectivity index (χ2v) is 5.98. The fourth-order valence-corrected chi connectivity index (χ4v) is 2.53. The van der Waals surface area contributed by atoms with Crippen molar-refractivity contribution in [1.29, 1.82) is 0 Å². The van der Waals surface area contributed by atoms with E-state index in [1.807, 2.05) is 12.1 Å². The molecular formula is C16H15BrClNO2. The molecule has 1 amide bonds. The molecule has 0 radical (unpaired) electrons. The van der Waals surface area contributed by atoms with E-state index in [1.54, 1.807) is 36.4 Å². The zero-order valence-electron chi connectivity index (χ0n) is 11.2. The first-order chi connectivity index (χ1) is 10.1. The van der Waals surface area contributed by atoms with E-state index in [2.05, 4.69) is 21.2 Å². The van der Waals surface area contributed by atoms with Crippen LogP contribution in [0.15, 0.2) is 53.0 Å². The summed E-state index contributed by atoms with van der Waals surface area (Å²) in [6, 6.07) is 14.2. The van der Waals surface area contributed by atoms with E-state index in [0.717, 1.165) is 10.0 Å². The fraction of sp³-hybridized carbons (Fsp3) is 0.188. The van der Waals surface area contributed by atoms with E-state index in [0.29, 0.717) is 23.6 Å². The minimum absolute atomic E-state index is 0.158. The van der Waals surface area contributed by atoms with Crippen LogP contribution in [-0.4, -0.2) is 17.6 Å². The second kappa shape index (κ2) is 7.59. The number of hydrogen-bond donors (Lipinski definition) is 2. The molecule has 0 aromatic heterocycles. The Hall–Kier alpha value is -1.36. The van der Waals surface area contributed by atoms with Crippen LogP contribution in [0.5, 0.6) is 0 Å². The Morgan fingerprint density at radius 3 is 2.71 bits per heavy atom. The molecule has 0 saturated carbocycles. The number of carbonyl (C=O) groups is 1. The number of aliphatic hydroxyl groups excluding tert-OH is 1. The summed E-state index contributed by atoms with van der Waals surface area (Å²) in [6.07, 6.45) is -0.216. The molecule has 2 aromatic carbocycles. The maximum Gasteiger partial charge on any atom is 0.251 e. The predicted molar refractivity (Wildman–Crippen MR) is 87.5 cm³/mol. The van der Waals surface area contributed by atoms with Crippen LogP contribution in [0.4, 0.5) is 0 Å². The molecule has 2 rings (SSSR count). The highest BCUT2D eigenvalue weighted by Gasteiger charge is 2.10. The number of halogens is 2. The average molecular weight is 369 g/mol. The third-order valence-electron chi connectivity index (χ3n) is 3.02. The van der Waals surface area contributed by atoms with E-state index >= 15 is 0 Å². The molecule has 0 fully saturated rings. The molecule has 5 heteroatoms. The SMILES string of the molecule is O=C(NCC[C@H](O)c1cccc(Cl)c1)c1cccc(Br)c1. The van der Waals surface area contributed by atoms with Gasteiger partial charge in [0.15, 0.2) is 0 Å². The molecule has 0 aliphatic carbocycles. The van der Waals surface area contributed by atoms with Crippen LogP contribution in [0.1, 0.15) is 28.4 Å². The largest absolute Gasteiger partial charge is 0.388 e. The van der Waals surface area contributed by atoms with Gasteiger partial charge in [0.1, 0.15) is 0 Å². The van der Waals surface area contributed by atoms with E-state index in [4.69, 9.17) is 11.6 Å². The van der Waals surface area contributed by atoms with Gasteiger partial charge >= 0.3 is 0 Å². The Morgan fingerprint density at radius 1 is 1.24 bits per heavy atom. The fourth-order valence-electron chi connectivity index (χ4n) is 1.93. The predicted octanol–water partition coefficient (Wildman–Crippen LogP) is 3.96. The lowest BCUT2D eigenvalue weighted by Gasteiger charge is -2.12. The van der Waals surface area contributed by atoms with Crippen LogP contribution in [-0.2, 0) is 0 Å². The summed E-state index contributed by atoms with van der Waals surface area (Å²) < 4.78 is 0.856. The smallest absolute Gasteiger partial charge is 0.251 e. The molecule has 0 aliphatic rings. The average Bonchev–Trinajstić information content (AvgIpc) is 2.47. The van der Waals surface area contributed by atoms with Gasteiger partial charge in [-0.15, -0.1) is 0 Å². The van der Waals surface area contributed by atoms with Gasteiger partial charge < -0.3 is 10.4 Å². The molecule has 110 valence electrons. The zero-order chi connectivity index (χ0) is 15.2. The molecule has 2 N–H and O–H groups in total. The summed E-state index contributed by atoms with van der Waals surface area (Å²) in [5.74, 6) is -0.158. The van der Waals surface area contributed by atoms with Crippen LogP contribution in [0.3, 0.4) is 0 Å². The highest BCUT2D eigenvalue weighted by Crippen LogP contribution is 2.19. The molecule has 0 spiro atoms. The van der Waals surface area contributed by atoms with Gasteiger partial charge in [-0.1, -0.05) is 45.7 Å². The summed E-state index contributed by atoms with van der Waals surface area (Å²) in [5, 5.41) is 13.4. The Bertz CT molecular complexity index is 633. The lowest BCUT2D eigenvalue weighted by atomic mass is 10.1. The van der Waals surface area contributed by atoms with Crippen molar-refractivity contribution >= 4 is 33.4 Å². The standard InChI is InChI=1S/C16H15BrClNO2/c17-13-5-1-4-12(9-13)16(21)19-8-7-15(20)11-3-2-6-14(18)10-11/h1-6,9-10,15,20H,7-8H2,(H,19,21)/t15-/m0/s1. The van der Waals surface area contributed by atoms with Gasteiger partial charge in [-0.25, -0.2) is 0 Å². The van der Waals surface area contributed by atoms with Gasteiger partial charge in [-0.3, -0.25) is 4.79 Å². The first kappa shape index (κ1) is 16.0. The van der Waals surface area contributed by atoms with Gasteiger partial charge in [0.2, 0.25) is 0 Å². The number of hydrogen-bond acceptors (Lipinski definition) is 2. The molecule has 0 saturated heterocycles. The van der Waals surface area contributed by atoms with Crippen LogP contribution in [0, 0.1) is 0 Å². The van der Waals surface area contributed by atoms with Crippen molar-refractivity contribution < 1.29 is 9.90 Å². The molecule has 0 unspecified atom stereocenters. The van der Waals surface area contributed by atoms with Crippen LogP contribution >= 0.6 is 27.5 Å². The Labute approximate surface area is 137 Å². The highest BCUT2D eigenvalue weighted by molar-refractivity contribution is 9.10. The maximum atomic E-state index is 11.9. The number of rotatable bonds is 5. The van der Waals surface area contributed by atoms with Gasteiger partial charge in [0.25, 0.3) is 5.91 Å². The number of nitrogens with one attached hydrogen (secondary N) is 1. The Morgan fingerprint density at radius 2 is 2.00 bits per heavy atom. The molecule has 0 heterocycles. The van der Waals surface area contributed by atoms with E-state index in [-0.39, 0.29) is 5.91 Å². The molecule has 3 nitrogen and oxygen atoms in total. The molecule has 2 aromatic rings. The van der Waals surface area contributed by atoms with Crippen molar-refractivity contribution in [1.82, 2.24) is 5.32 Å². The van der Waals surface area contributed by atoms with Crippen molar-refractivity contribution in [2.24, 2.45) is 0 Å². The third kappa shape index (κ3) is 4.84. The van der Waals surface area contributed by atoms with Crippen LogP contribution < -0.4 is 5.32 Å². The van der Waals surface area contributed by atoms with Gasteiger partial charge in [0, 0.05) is 21.6 Å². The summed E-state index contributed by atoms with van der Waals surface area (Å²) in [4.78, 5) is 11.9. The van der Waals surface area contributed by atoms with Crippen molar-refractivity contribution in [3.63, 3.8) is 0 Å². The number of aliphatic hydroxyl groups is 1. The Balaban J connectivity index is 1.85. The topological polar surface area (TPSA) is 49.3 Å². The van der Waals surface area contributed by atoms with E-state index < -0.39 is 6.10 Å². The van der Waals surface area contributed by atoms with Crippen LogP contribution in [0.2, 0.25) is 5.02 Å². The third-order valence-corrected chi connectivity index (χ3v) is 3.75. The normalized spacial score (nSPS) is 12.0. The van der Waals surface area contributed by atoms with Crippen molar-refractivity contribution in [2.45, 2.75) is 12.5 Å². The monoisotopic (exact) mass is 367 g/mol. The second-order valence-electron chi connectivity index (χ2n) is 4.63.